The first-order valence-electron chi connectivity index (χ1n) is 13.0. The van der Waals surface area contributed by atoms with Crippen molar-refractivity contribution < 1.29 is 4.74 Å². The van der Waals surface area contributed by atoms with E-state index in [1.807, 2.05) is 12.1 Å². The maximum absolute atomic E-state index is 5.52. The summed E-state index contributed by atoms with van der Waals surface area (Å²) in [7, 11) is 0. The number of nitrogens with zero attached hydrogens (tertiary/aromatic N) is 1. The van der Waals surface area contributed by atoms with Crippen molar-refractivity contribution >= 4 is 0 Å². The molecule has 186 valence electrons. The molecule has 1 aliphatic rings. The number of hydrogen-bond donors (Lipinski definition) is 1. The van der Waals surface area contributed by atoms with Gasteiger partial charge in [0.2, 0.25) is 0 Å². The van der Waals surface area contributed by atoms with Crippen LogP contribution >= 0.6 is 0 Å². The number of benzene rings is 4. The highest BCUT2D eigenvalue weighted by molar-refractivity contribution is 5.18. The molecule has 4 aromatic rings. The Labute approximate surface area is 216 Å². The monoisotopic (exact) mass is 478 g/mol. The Morgan fingerprint density at radius 3 is 1.28 bits per heavy atom. The summed E-state index contributed by atoms with van der Waals surface area (Å²) in [6.07, 6.45) is 2.28. The minimum atomic E-state index is 0.624. The minimum Gasteiger partial charge on any atom is -0.381 e. The molecule has 0 amide bonds. The van der Waals surface area contributed by atoms with E-state index in [4.69, 9.17) is 4.74 Å². The lowest BCUT2D eigenvalue weighted by Gasteiger charge is -2.34. The molecule has 0 atom stereocenters. The van der Waals surface area contributed by atoms with Crippen LogP contribution < -0.4 is 5.32 Å². The van der Waals surface area contributed by atoms with Crippen molar-refractivity contribution in [1.82, 2.24) is 10.2 Å². The predicted octanol–water partition coefficient (Wildman–Crippen LogP) is 6.84. The maximum atomic E-state index is 5.52. The highest BCUT2D eigenvalue weighted by Gasteiger charge is 2.21. The fourth-order valence-electron chi connectivity index (χ4n) is 4.54. The summed E-state index contributed by atoms with van der Waals surface area (Å²) in [5.74, 6) is 0. The molecule has 0 unspecified atom stereocenters. The molecule has 3 heteroatoms. The van der Waals surface area contributed by atoms with Gasteiger partial charge in [-0.2, -0.15) is 0 Å². The fraction of sp³-hybridized carbons (Fsp3) is 0.273. The average molecular weight is 479 g/mol. The molecule has 1 saturated heterocycles. The van der Waals surface area contributed by atoms with Gasteiger partial charge in [0.15, 0.2) is 0 Å². The zero-order valence-electron chi connectivity index (χ0n) is 21.1. The van der Waals surface area contributed by atoms with Gasteiger partial charge < -0.3 is 10.1 Å². The number of rotatable bonds is 9. The molecule has 0 aliphatic carbocycles. The molecule has 0 saturated carbocycles. The third kappa shape index (κ3) is 9.09. The predicted molar refractivity (Wildman–Crippen MR) is 149 cm³/mol. The quantitative estimate of drug-likeness (QED) is 0.285. The van der Waals surface area contributed by atoms with E-state index in [1.54, 1.807) is 0 Å². The second kappa shape index (κ2) is 15.0. The molecule has 4 aromatic carbocycles. The van der Waals surface area contributed by atoms with Crippen molar-refractivity contribution in [2.75, 3.05) is 13.2 Å². The Morgan fingerprint density at radius 1 is 0.528 bits per heavy atom. The summed E-state index contributed by atoms with van der Waals surface area (Å²) in [6.45, 7) is 5.67. The van der Waals surface area contributed by atoms with Crippen LogP contribution in [0.25, 0.3) is 0 Å². The van der Waals surface area contributed by atoms with Gasteiger partial charge in [-0.05, 0) is 35.1 Å². The van der Waals surface area contributed by atoms with Gasteiger partial charge in [0.1, 0.15) is 0 Å². The fourth-order valence-corrected chi connectivity index (χ4v) is 4.54. The smallest absolute Gasteiger partial charge is 0.0480 e. The van der Waals surface area contributed by atoms with Gasteiger partial charge in [-0.15, -0.1) is 0 Å². The summed E-state index contributed by atoms with van der Waals surface area (Å²) < 4.78 is 5.52. The second-order valence-corrected chi connectivity index (χ2v) is 9.29. The number of nitrogens with one attached hydrogen (secondary N) is 1. The Bertz CT molecular complexity index is 1000. The van der Waals surface area contributed by atoms with Crippen LogP contribution in [-0.4, -0.2) is 24.2 Å². The first-order chi connectivity index (χ1) is 17.9. The Morgan fingerprint density at radius 2 is 0.889 bits per heavy atom. The third-order valence-corrected chi connectivity index (χ3v) is 6.51. The Hall–Kier alpha value is -3.24. The molecular weight excluding hydrogens is 440 g/mol. The Balaban J connectivity index is 0.000000179. The standard InChI is InChI=1S/C19H23NO.C14H15N/c1-3-7-17(8-4-1)15-20(19-11-13-21-14-12-19)16-18-9-5-2-6-10-18;1-3-7-13(8-4-1)11-15-12-14-9-5-2-6-10-14/h1-10,19H,11-16H2;1-10,15H,11-12H2. The van der Waals surface area contributed by atoms with E-state index in [1.165, 1.54) is 22.3 Å². The molecule has 1 aliphatic heterocycles. The Kier molecular flexibility index (Phi) is 10.8. The normalized spacial score (nSPS) is 13.7. The summed E-state index contributed by atoms with van der Waals surface area (Å²) in [4.78, 5) is 2.60. The summed E-state index contributed by atoms with van der Waals surface area (Å²) in [5.41, 5.74) is 5.43. The van der Waals surface area contributed by atoms with Crippen LogP contribution in [0.5, 0.6) is 0 Å². The van der Waals surface area contributed by atoms with Crippen LogP contribution in [0.15, 0.2) is 121 Å². The van der Waals surface area contributed by atoms with E-state index in [-0.39, 0.29) is 0 Å². The van der Waals surface area contributed by atoms with Crippen LogP contribution in [0, 0.1) is 0 Å². The summed E-state index contributed by atoms with van der Waals surface area (Å²) >= 11 is 0. The first kappa shape index (κ1) is 25.8. The van der Waals surface area contributed by atoms with E-state index in [2.05, 4.69) is 119 Å². The zero-order valence-corrected chi connectivity index (χ0v) is 21.1. The van der Waals surface area contributed by atoms with Gasteiger partial charge in [0.25, 0.3) is 0 Å². The minimum absolute atomic E-state index is 0.624. The molecule has 36 heavy (non-hydrogen) atoms. The average Bonchev–Trinajstić information content (AvgIpc) is 2.96. The van der Waals surface area contributed by atoms with Gasteiger partial charge in [0, 0.05) is 45.4 Å². The van der Waals surface area contributed by atoms with Gasteiger partial charge in [-0.3, -0.25) is 4.90 Å². The molecule has 1 N–H and O–H groups in total. The van der Waals surface area contributed by atoms with E-state index < -0.39 is 0 Å². The highest BCUT2D eigenvalue weighted by atomic mass is 16.5. The zero-order chi connectivity index (χ0) is 24.7. The molecule has 3 nitrogen and oxygen atoms in total. The first-order valence-corrected chi connectivity index (χ1v) is 13.0. The van der Waals surface area contributed by atoms with Crippen molar-refractivity contribution in [3.63, 3.8) is 0 Å². The van der Waals surface area contributed by atoms with Gasteiger partial charge in [-0.25, -0.2) is 0 Å². The van der Waals surface area contributed by atoms with Gasteiger partial charge in [-0.1, -0.05) is 121 Å². The van der Waals surface area contributed by atoms with Crippen molar-refractivity contribution in [3.05, 3.63) is 144 Å². The van der Waals surface area contributed by atoms with Crippen LogP contribution in [0.3, 0.4) is 0 Å². The molecule has 1 fully saturated rings. The number of ether oxygens (including phenoxy) is 1. The van der Waals surface area contributed by atoms with Crippen molar-refractivity contribution in [2.45, 2.75) is 45.1 Å². The molecule has 0 aromatic heterocycles. The van der Waals surface area contributed by atoms with Gasteiger partial charge in [0.05, 0.1) is 0 Å². The lowest BCUT2D eigenvalue weighted by Crippen LogP contribution is -2.38. The molecule has 0 bridgehead atoms. The van der Waals surface area contributed by atoms with Crippen LogP contribution in [-0.2, 0) is 30.9 Å². The molecule has 1 heterocycles. The lowest BCUT2D eigenvalue weighted by atomic mass is 10.0. The third-order valence-electron chi connectivity index (χ3n) is 6.51. The second-order valence-electron chi connectivity index (χ2n) is 9.29. The highest BCUT2D eigenvalue weighted by Crippen LogP contribution is 2.20. The lowest BCUT2D eigenvalue weighted by molar-refractivity contribution is 0.0277. The molecule has 5 rings (SSSR count). The van der Waals surface area contributed by atoms with E-state index in [9.17, 15) is 0 Å². The largest absolute Gasteiger partial charge is 0.381 e. The van der Waals surface area contributed by atoms with E-state index in [0.29, 0.717) is 6.04 Å². The van der Waals surface area contributed by atoms with Crippen molar-refractivity contribution in [1.29, 1.82) is 0 Å². The van der Waals surface area contributed by atoms with Crippen molar-refractivity contribution in [2.24, 2.45) is 0 Å². The van der Waals surface area contributed by atoms with E-state index >= 15 is 0 Å². The maximum Gasteiger partial charge on any atom is 0.0480 e. The van der Waals surface area contributed by atoms with E-state index in [0.717, 1.165) is 52.2 Å². The van der Waals surface area contributed by atoms with Crippen molar-refractivity contribution in [3.8, 4) is 0 Å². The van der Waals surface area contributed by atoms with Crippen LogP contribution in [0.1, 0.15) is 35.1 Å². The summed E-state index contributed by atoms with van der Waals surface area (Å²) in [5, 5.41) is 3.42. The van der Waals surface area contributed by atoms with Crippen LogP contribution in [0.2, 0.25) is 0 Å². The molecule has 0 spiro atoms. The van der Waals surface area contributed by atoms with Gasteiger partial charge >= 0.3 is 0 Å². The molecular formula is C33H38N2O. The number of hydrogen-bond acceptors (Lipinski definition) is 3. The topological polar surface area (TPSA) is 24.5 Å². The van der Waals surface area contributed by atoms with Crippen LogP contribution in [0.4, 0.5) is 0 Å². The summed E-state index contributed by atoms with van der Waals surface area (Å²) in [6, 6.07) is 43.1. The molecule has 0 radical (unpaired) electrons. The SMILES string of the molecule is c1ccc(CN(Cc2ccccc2)C2CCOCC2)cc1.c1ccc(CNCc2ccccc2)cc1.